The van der Waals surface area contributed by atoms with Crippen molar-refractivity contribution in [1.82, 2.24) is 4.98 Å². The van der Waals surface area contributed by atoms with Gasteiger partial charge in [0.25, 0.3) is 0 Å². The number of ketones is 1. The molecule has 0 amide bonds. The van der Waals surface area contributed by atoms with Gasteiger partial charge in [-0.15, -0.1) is 11.3 Å². The third kappa shape index (κ3) is 2.92. The highest BCUT2D eigenvalue weighted by atomic mass is 32.1. The molecule has 0 aliphatic carbocycles. The van der Waals surface area contributed by atoms with Gasteiger partial charge in [0.15, 0.2) is 5.78 Å². The first-order valence-corrected chi connectivity index (χ1v) is 5.57. The molecule has 0 bridgehead atoms. The second-order valence-electron chi connectivity index (χ2n) is 3.15. The number of thiazole rings is 1. The average molecular weight is 197 g/mol. The topological polar surface area (TPSA) is 30.0 Å². The molecule has 1 heterocycles. The first-order valence-electron chi connectivity index (χ1n) is 4.69. The van der Waals surface area contributed by atoms with Gasteiger partial charge in [-0.3, -0.25) is 4.79 Å². The molecule has 0 fully saturated rings. The summed E-state index contributed by atoms with van der Waals surface area (Å²) in [7, 11) is 0. The number of nitrogens with zero attached hydrogens (tertiary/aromatic N) is 1. The molecule has 0 N–H and O–H groups in total. The number of aromatic nitrogens is 1. The fourth-order valence-electron chi connectivity index (χ4n) is 1.22. The molecular weight excluding hydrogens is 182 g/mol. The maximum absolute atomic E-state index is 11.6. The lowest BCUT2D eigenvalue weighted by Gasteiger charge is -1.97. The Balaban J connectivity index is 2.45. The molecule has 0 spiro atoms. The van der Waals surface area contributed by atoms with Gasteiger partial charge >= 0.3 is 0 Å². The molecule has 0 saturated carbocycles. The summed E-state index contributed by atoms with van der Waals surface area (Å²) in [5.74, 6) is 0.258. The molecule has 0 radical (unpaired) electrons. The van der Waals surface area contributed by atoms with E-state index in [0.717, 1.165) is 29.8 Å². The average Bonchev–Trinajstić information content (AvgIpc) is 2.52. The summed E-state index contributed by atoms with van der Waals surface area (Å²) in [5.41, 5.74) is 2.62. The van der Waals surface area contributed by atoms with Crippen LogP contribution in [0.1, 0.15) is 48.0 Å². The van der Waals surface area contributed by atoms with E-state index in [0.29, 0.717) is 6.42 Å². The van der Waals surface area contributed by atoms with E-state index in [1.807, 2.05) is 6.92 Å². The van der Waals surface area contributed by atoms with Crippen molar-refractivity contribution in [1.29, 1.82) is 0 Å². The van der Waals surface area contributed by atoms with Crippen molar-refractivity contribution in [2.24, 2.45) is 0 Å². The number of hydrogen-bond acceptors (Lipinski definition) is 3. The summed E-state index contributed by atoms with van der Waals surface area (Å²) < 4.78 is 0. The van der Waals surface area contributed by atoms with E-state index in [1.165, 1.54) is 11.3 Å². The number of aryl methyl sites for hydroxylation is 1. The van der Waals surface area contributed by atoms with Crippen molar-refractivity contribution < 1.29 is 4.79 Å². The molecule has 1 aromatic heterocycles. The van der Waals surface area contributed by atoms with Crippen LogP contribution in [0.3, 0.4) is 0 Å². The summed E-state index contributed by atoms with van der Waals surface area (Å²) in [6, 6.07) is 0. The standard InChI is InChI=1S/C10H15NOS/c1-3-4-5-6-9(12)10-8(2)11-7-13-10/h7H,3-6H2,1-2H3. The molecule has 0 aliphatic heterocycles. The summed E-state index contributed by atoms with van der Waals surface area (Å²) in [4.78, 5) is 16.5. The first kappa shape index (κ1) is 10.4. The van der Waals surface area contributed by atoms with Gasteiger partial charge in [0.2, 0.25) is 0 Å². The number of unbranched alkanes of at least 4 members (excludes halogenated alkanes) is 2. The lowest BCUT2D eigenvalue weighted by Crippen LogP contribution is -1.98. The number of carbonyl (C=O) groups excluding carboxylic acids is 1. The zero-order chi connectivity index (χ0) is 9.68. The molecule has 13 heavy (non-hydrogen) atoms. The van der Waals surface area contributed by atoms with Crippen molar-refractivity contribution in [3.05, 3.63) is 16.1 Å². The van der Waals surface area contributed by atoms with E-state index >= 15 is 0 Å². The van der Waals surface area contributed by atoms with Crippen molar-refractivity contribution in [3.63, 3.8) is 0 Å². The molecule has 0 unspecified atom stereocenters. The van der Waals surface area contributed by atoms with Gasteiger partial charge < -0.3 is 0 Å². The molecule has 0 aromatic carbocycles. The maximum Gasteiger partial charge on any atom is 0.174 e. The molecule has 3 heteroatoms. The lowest BCUT2D eigenvalue weighted by molar-refractivity contribution is 0.0982. The molecule has 72 valence electrons. The molecule has 1 aromatic rings. The lowest BCUT2D eigenvalue weighted by atomic mass is 10.1. The Kier molecular flexibility index (Phi) is 4.09. The van der Waals surface area contributed by atoms with Crippen LogP contribution in [0.5, 0.6) is 0 Å². The summed E-state index contributed by atoms with van der Waals surface area (Å²) in [5, 5.41) is 0. The Hall–Kier alpha value is -0.700. The highest BCUT2D eigenvalue weighted by Gasteiger charge is 2.10. The van der Waals surface area contributed by atoms with Crippen LogP contribution in [0, 0.1) is 6.92 Å². The van der Waals surface area contributed by atoms with Crippen LogP contribution < -0.4 is 0 Å². The Morgan fingerprint density at radius 2 is 2.31 bits per heavy atom. The molecule has 0 aliphatic rings. The van der Waals surface area contributed by atoms with Gasteiger partial charge in [0, 0.05) is 6.42 Å². The highest BCUT2D eigenvalue weighted by Crippen LogP contribution is 2.16. The molecule has 0 saturated heterocycles. The Morgan fingerprint density at radius 3 is 2.85 bits per heavy atom. The zero-order valence-electron chi connectivity index (χ0n) is 8.17. The number of Topliss-reactive ketones (excluding diaryl/α,β-unsaturated/α-hetero) is 1. The van der Waals surface area contributed by atoms with Crippen LogP contribution in [0.15, 0.2) is 5.51 Å². The van der Waals surface area contributed by atoms with Crippen LogP contribution in [0.2, 0.25) is 0 Å². The van der Waals surface area contributed by atoms with Gasteiger partial charge in [-0.05, 0) is 13.3 Å². The molecular formula is C10H15NOS. The quantitative estimate of drug-likeness (QED) is 0.536. The smallest absolute Gasteiger partial charge is 0.174 e. The second kappa shape index (κ2) is 5.12. The van der Waals surface area contributed by atoms with Crippen molar-refractivity contribution in [3.8, 4) is 0 Å². The van der Waals surface area contributed by atoms with Crippen molar-refractivity contribution in [2.75, 3.05) is 0 Å². The van der Waals surface area contributed by atoms with Crippen molar-refractivity contribution in [2.45, 2.75) is 39.5 Å². The minimum absolute atomic E-state index is 0.258. The fraction of sp³-hybridized carbons (Fsp3) is 0.600. The third-order valence-corrected chi connectivity index (χ3v) is 2.98. The van der Waals surface area contributed by atoms with Crippen LogP contribution in [0.25, 0.3) is 0 Å². The van der Waals surface area contributed by atoms with E-state index in [-0.39, 0.29) is 5.78 Å². The number of rotatable bonds is 5. The predicted octanol–water partition coefficient (Wildman–Crippen LogP) is 3.21. The first-order chi connectivity index (χ1) is 6.25. The van der Waals surface area contributed by atoms with E-state index in [4.69, 9.17) is 0 Å². The number of carbonyl (C=O) groups is 1. The third-order valence-electron chi connectivity index (χ3n) is 2.01. The Bertz CT molecular complexity index is 280. The van der Waals surface area contributed by atoms with Crippen molar-refractivity contribution >= 4 is 17.1 Å². The largest absolute Gasteiger partial charge is 0.293 e. The minimum Gasteiger partial charge on any atom is -0.293 e. The normalized spacial score (nSPS) is 10.3. The fourth-order valence-corrected chi connectivity index (χ4v) is 1.99. The van der Waals surface area contributed by atoms with E-state index in [2.05, 4.69) is 11.9 Å². The highest BCUT2D eigenvalue weighted by molar-refractivity contribution is 7.11. The monoisotopic (exact) mass is 197 g/mol. The predicted molar refractivity (Wildman–Crippen MR) is 55.3 cm³/mol. The van der Waals surface area contributed by atoms with E-state index in [1.54, 1.807) is 5.51 Å². The van der Waals surface area contributed by atoms with Gasteiger partial charge in [-0.2, -0.15) is 0 Å². The van der Waals surface area contributed by atoms with E-state index < -0.39 is 0 Å². The van der Waals surface area contributed by atoms with Crippen LogP contribution in [-0.2, 0) is 0 Å². The van der Waals surface area contributed by atoms with E-state index in [9.17, 15) is 4.79 Å². The van der Waals surface area contributed by atoms with Gasteiger partial charge in [0.1, 0.15) is 0 Å². The summed E-state index contributed by atoms with van der Waals surface area (Å²) in [6.45, 7) is 4.03. The minimum atomic E-state index is 0.258. The second-order valence-corrected chi connectivity index (χ2v) is 4.00. The molecule has 1 rings (SSSR count). The molecule has 2 nitrogen and oxygen atoms in total. The Labute approximate surface area is 83.0 Å². The van der Waals surface area contributed by atoms with Gasteiger partial charge in [-0.25, -0.2) is 4.98 Å². The summed E-state index contributed by atoms with van der Waals surface area (Å²) in [6.07, 6.45) is 3.99. The van der Waals surface area contributed by atoms with Gasteiger partial charge in [0.05, 0.1) is 16.1 Å². The van der Waals surface area contributed by atoms with Crippen LogP contribution in [0.4, 0.5) is 0 Å². The Morgan fingerprint density at radius 1 is 1.54 bits per heavy atom. The van der Waals surface area contributed by atoms with Crippen LogP contribution in [-0.4, -0.2) is 10.8 Å². The number of hydrogen-bond donors (Lipinski definition) is 0. The zero-order valence-corrected chi connectivity index (χ0v) is 8.99. The SMILES string of the molecule is CCCCCC(=O)c1scnc1C. The summed E-state index contributed by atoms with van der Waals surface area (Å²) >= 11 is 1.46. The maximum atomic E-state index is 11.6. The molecule has 0 atom stereocenters. The van der Waals surface area contributed by atoms with Crippen LogP contribution >= 0.6 is 11.3 Å². The van der Waals surface area contributed by atoms with Gasteiger partial charge in [-0.1, -0.05) is 19.8 Å².